The van der Waals surface area contributed by atoms with Gasteiger partial charge in [0.25, 0.3) is 0 Å². The molecule has 1 aliphatic heterocycles. The molecule has 1 heterocycles. The fourth-order valence-electron chi connectivity index (χ4n) is 3.80. The van der Waals surface area contributed by atoms with E-state index in [9.17, 15) is 23.9 Å². The van der Waals surface area contributed by atoms with E-state index in [0.717, 1.165) is 11.1 Å². The first kappa shape index (κ1) is 19.8. The van der Waals surface area contributed by atoms with Gasteiger partial charge in [-0.05, 0) is 42.3 Å². The number of halogens is 2. The lowest BCUT2D eigenvalue weighted by Crippen LogP contribution is -2.59. The van der Waals surface area contributed by atoms with Crippen molar-refractivity contribution in [2.75, 3.05) is 13.1 Å². The summed E-state index contributed by atoms with van der Waals surface area (Å²) < 4.78 is 26.9. The minimum absolute atomic E-state index is 0.148. The molecule has 0 radical (unpaired) electrons. The first-order valence-corrected chi connectivity index (χ1v) is 9.04. The van der Waals surface area contributed by atoms with Crippen molar-refractivity contribution in [2.45, 2.75) is 31.5 Å². The quantitative estimate of drug-likeness (QED) is 0.863. The van der Waals surface area contributed by atoms with Gasteiger partial charge in [-0.1, -0.05) is 24.3 Å². The molecule has 5 nitrogen and oxygen atoms in total. The van der Waals surface area contributed by atoms with Crippen LogP contribution in [0.15, 0.2) is 48.5 Å². The van der Waals surface area contributed by atoms with Gasteiger partial charge in [0.1, 0.15) is 11.6 Å². The fraction of sp³-hybridized carbons (Fsp3) is 0.333. The summed E-state index contributed by atoms with van der Waals surface area (Å²) in [6.07, 6.45) is -0.870. The summed E-state index contributed by atoms with van der Waals surface area (Å²) in [5, 5.41) is 18.7. The van der Waals surface area contributed by atoms with Gasteiger partial charge in [-0.2, -0.15) is 5.26 Å². The minimum Gasteiger partial charge on any atom is -0.465 e. The highest BCUT2D eigenvalue weighted by Gasteiger charge is 2.38. The number of amides is 1. The van der Waals surface area contributed by atoms with Crippen molar-refractivity contribution in [1.82, 2.24) is 9.80 Å². The average molecular weight is 385 g/mol. The summed E-state index contributed by atoms with van der Waals surface area (Å²) in [5.41, 5.74) is 1.60. The molecule has 1 N–H and O–H groups in total. The zero-order valence-corrected chi connectivity index (χ0v) is 15.4. The SMILES string of the molecule is C[C@H]1CN(C(c2ccc(F)cc2)c2ccc(F)cc2)[C@H](CC#N)CN1C(=O)O. The van der Waals surface area contributed by atoms with Crippen LogP contribution in [0.1, 0.15) is 30.5 Å². The molecule has 1 amide bonds. The average Bonchev–Trinajstić information content (AvgIpc) is 2.66. The molecule has 3 rings (SSSR count). The fourth-order valence-corrected chi connectivity index (χ4v) is 3.80. The van der Waals surface area contributed by atoms with Crippen LogP contribution >= 0.6 is 0 Å². The van der Waals surface area contributed by atoms with E-state index in [0.29, 0.717) is 6.54 Å². The second-order valence-electron chi connectivity index (χ2n) is 7.00. The zero-order valence-electron chi connectivity index (χ0n) is 15.4. The maximum Gasteiger partial charge on any atom is 0.407 e. The van der Waals surface area contributed by atoms with Crippen LogP contribution in [-0.2, 0) is 0 Å². The highest BCUT2D eigenvalue weighted by molar-refractivity contribution is 5.65. The number of piperazine rings is 1. The van der Waals surface area contributed by atoms with Crippen LogP contribution in [-0.4, -0.2) is 46.2 Å². The second-order valence-corrected chi connectivity index (χ2v) is 7.00. The molecule has 0 aromatic heterocycles. The summed E-state index contributed by atoms with van der Waals surface area (Å²) in [7, 11) is 0. The van der Waals surface area contributed by atoms with Crippen molar-refractivity contribution in [3.05, 3.63) is 71.3 Å². The molecule has 0 aliphatic carbocycles. The molecule has 0 bridgehead atoms. The van der Waals surface area contributed by atoms with Crippen LogP contribution in [0.5, 0.6) is 0 Å². The Bertz CT molecular complexity index is 819. The Morgan fingerprint density at radius 1 is 1.11 bits per heavy atom. The van der Waals surface area contributed by atoms with E-state index in [4.69, 9.17) is 0 Å². The molecular weight excluding hydrogens is 364 g/mol. The summed E-state index contributed by atoms with van der Waals surface area (Å²) in [6.45, 7) is 2.41. The highest BCUT2D eigenvalue weighted by Crippen LogP contribution is 2.34. The van der Waals surface area contributed by atoms with Gasteiger partial charge in [0.15, 0.2) is 0 Å². The predicted octanol–water partition coefficient (Wildman–Crippen LogP) is 4.02. The number of benzene rings is 2. The molecule has 2 aromatic rings. The number of carboxylic acid groups (broad SMARTS) is 1. The molecule has 2 aromatic carbocycles. The first-order valence-electron chi connectivity index (χ1n) is 9.04. The minimum atomic E-state index is -1.02. The van der Waals surface area contributed by atoms with Crippen molar-refractivity contribution in [1.29, 1.82) is 5.26 Å². The molecule has 1 fully saturated rings. The molecule has 1 saturated heterocycles. The van der Waals surface area contributed by atoms with E-state index in [2.05, 4.69) is 11.0 Å². The number of hydrogen-bond acceptors (Lipinski definition) is 3. The van der Waals surface area contributed by atoms with Crippen molar-refractivity contribution in [3.8, 4) is 6.07 Å². The van der Waals surface area contributed by atoms with Gasteiger partial charge in [0.05, 0.1) is 18.5 Å². The van der Waals surface area contributed by atoms with E-state index < -0.39 is 6.09 Å². The third-order valence-electron chi connectivity index (χ3n) is 5.16. The molecular formula is C21H21F2N3O2. The van der Waals surface area contributed by atoms with Crippen molar-refractivity contribution >= 4 is 6.09 Å². The summed E-state index contributed by atoms with van der Waals surface area (Å²) >= 11 is 0. The summed E-state index contributed by atoms with van der Waals surface area (Å²) in [5.74, 6) is -0.724. The van der Waals surface area contributed by atoms with Crippen LogP contribution < -0.4 is 0 Å². The molecule has 0 unspecified atom stereocenters. The summed E-state index contributed by atoms with van der Waals surface area (Å²) in [6, 6.07) is 13.3. The van der Waals surface area contributed by atoms with Crippen LogP contribution in [0.3, 0.4) is 0 Å². The smallest absolute Gasteiger partial charge is 0.407 e. The second kappa shape index (κ2) is 8.36. The van der Waals surface area contributed by atoms with E-state index in [1.165, 1.54) is 29.2 Å². The van der Waals surface area contributed by atoms with Gasteiger partial charge in [0.2, 0.25) is 0 Å². The number of nitriles is 1. The maximum atomic E-state index is 13.5. The van der Waals surface area contributed by atoms with Gasteiger partial charge in [-0.25, -0.2) is 13.6 Å². The van der Waals surface area contributed by atoms with Gasteiger partial charge < -0.3 is 10.0 Å². The molecule has 28 heavy (non-hydrogen) atoms. The van der Waals surface area contributed by atoms with Gasteiger partial charge in [-0.3, -0.25) is 4.90 Å². The third-order valence-corrected chi connectivity index (χ3v) is 5.16. The van der Waals surface area contributed by atoms with Crippen molar-refractivity contribution < 1.29 is 18.7 Å². The molecule has 7 heteroatoms. The molecule has 1 aliphatic rings. The Balaban J connectivity index is 2.04. The Hall–Kier alpha value is -2.98. The zero-order chi connectivity index (χ0) is 20.3. The van der Waals surface area contributed by atoms with E-state index in [1.54, 1.807) is 24.3 Å². The Kier molecular flexibility index (Phi) is 5.90. The Morgan fingerprint density at radius 3 is 2.04 bits per heavy atom. The van der Waals surface area contributed by atoms with E-state index in [1.807, 2.05) is 6.92 Å². The third kappa shape index (κ3) is 4.12. The molecule has 0 saturated carbocycles. The van der Waals surface area contributed by atoms with E-state index in [-0.39, 0.29) is 42.7 Å². The first-order chi connectivity index (χ1) is 13.4. The molecule has 0 spiro atoms. The Morgan fingerprint density at radius 2 is 1.61 bits per heavy atom. The predicted molar refractivity (Wildman–Crippen MR) is 99.6 cm³/mol. The lowest BCUT2D eigenvalue weighted by Gasteiger charge is -2.47. The van der Waals surface area contributed by atoms with Crippen molar-refractivity contribution in [2.24, 2.45) is 0 Å². The van der Waals surface area contributed by atoms with Crippen molar-refractivity contribution in [3.63, 3.8) is 0 Å². The van der Waals surface area contributed by atoms with Gasteiger partial charge in [-0.15, -0.1) is 0 Å². The topological polar surface area (TPSA) is 67.6 Å². The molecule has 146 valence electrons. The van der Waals surface area contributed by atoms with Crippen LogP contribution in [0.4, 0.5) is 13.6 Å². The Labute approximate surface area is 162 Å². The lowest BCUT2D eigenvalue weighted by atomic mass is 9.92. The largest absolute Gasteiger partial charge is 0.465 e. The maximum absolute atomic E-state index is 13.5. The number of nitrogens with zero attached hydrogens (tertiary/aromatic N) is 3. The lowest BCUT2D eigenvalue weighted by molar-refractivity contribution is 0.0229. The van der Waals surface area contributed by atoms with Gasteiger partial charge >= 0.3 is 6.09 Å². The van der Waals surface area contributed by atoms with Gasteiger partial charge in [0, 0.05) is 25.2 Å². The monoisotopic (exact) mass is 385 g/mol. The standard InChI is InChI=1S/C21H21F2N3O2/c1-14-12-26(19(10-11-24)13-25(14)21(27)28)20(15-2-6-17(22)7-3-15)16-4-8-18(23)9-5-16/h2-9,14,19-20H,10,12-13H2,1H3,(H,27,28)/t14-,19+/m0/s1. The van der Waals surface area contributed by atoms with E-state index >= 15 is 0 Å². The highest BCUT2D eigenvalue weighted by atomic mass is 19.1. The number of hydrogen-bond donors (Lipinski definition) is 1. The normalized spacial score (nSPS) is 20.2. The summed E-state index contributed by atoms with van der Waals surface area (Å²) in [4.78, 5) is 14.9. The van der Waals surface area contributed by atoms with Crippen LogP contribution in [0.2, 0.25) is 0 Å². The van der Waals surface area contributed by atoms with Crippen LogP contribution in [0, 0.1) is 23.0 Å². The van der Waals surface area contributed by atoms with Crippen LogP contribution in [0.25, 0.3) is 0 Å². The number of rotatable bonds is 4. The molecule has 2 atom stereocenters. The number of carbonyl (C=O) groups is 1.